The maximum absolute atomic E-state index is 15.4. The molecule has 7 nitrogen and oxygen atoms in total. The van der Waals surface area contributed by atoms with E-state index in [1.54, 1.807) is 0 Å². The van der Waals surface area contributed by atoms with Crippen molar-refractivity contribution >= 4 is 23.6 Å². The lowest BCUT2D eigenvalue weighted by atomic mass is 9.97. The van der Waals surface area contributed by atoms with Gasteiger partial charge in [0, 0.05) is 25.1 Å². The van der Waals surface area contributed by atoms with E-state index in [4.69, 9.17) is 0 Å². The first-order chi connectivity index (χ1) is 16.2. The molecule has 1 unspecified atom stereocenters. The molecule has 0 radical (unpaired) electrons. The van der Waals surface area contributed by atoms with E-state index in [0.29, 0.717) is 11.1 Å². The van der Waals surface area contributed by atoms with Crippen molar-refractivity contribution in [2.24, 2.45) is 0 Å². The lowest BCUT2D eigenvalue weighted by Gasteiger charge is -2.29. The minimum absolute atomic E-state index is 0.00195. The lowest BCUT2D eigenvalue weighted by Crippen LogP contribution is -2.52. The number of nitrogens with one attached hydrogen (secondary N) is 1. The molecule has 34 heavy (non-hydrogen) atoms. The normalized spacial score (nSPS) is 19.8. The Labute approximate surface area is 190 Å². The van der Waals surface area contributed by atoms with Gasteiger partial charge in [-0.25, -0.2) is 17.6 Å². The summed E-state index contributed by atoms with van der Waals surface area (Å²) in [4.78, 5) is 51.5. The summed E-state index contributed by atoms with van der Waals surface area (Å²) in [7, 11) is 0. The van der Waals surface area contributed by atoms with Crippen LogP contribution in [0.25, 0.3) is 0 Å². The van der Waals surface area contributed by atoms with Gasteiger partial charge in [0.05, 0.1) is 12.1 Å². The number of piperidine rings is 1. The van der Waals surface area contributed by atoms with Crippen LogP contribution in [0.15, 0.2) is 18.2 Å². The highest BCUT2D eigenvalue weighted by Gasteiger charge is 2.42. The van der Waals surface area contributed by atoms with Gasteiger partial charge in [0.15, 0.2) is 11.6 Å². The first kappa shape index (κ1) is 22.1. The van der Waals surface area contributed by atoms with Crippen molar-refractivity contribution in [3.8, 4) is 0 Å². The molecule has 0 aromatic heterocycles. The standard InChI is InChI=1S/C23H17F4N3O4/c24-14-5-10-3-4-29(8-11(10)6-15(14)25)23(34)19-16(26)7-12-13(20(19)27)9-30(22(12)33)17-1-2-18(31)28-21(17)32/h5-7,17H,1-4,8-9H2,(H,28,31,32). The summed E-state index contributed by atoms with van der Waals surface area (Å²) in [6.45, 7) is -0.489. The van der Waals surface area contributed by atoms with E-state index >= 15 is 4.39 Å². The van der Waals surface area contributed by atoms with E-state index in [1.165, 1.54) is 0 Å². The molecular weight excluding hydrogens is 458 g/mol. The molecule has 1 fully saturated rings. The molecular formula is C23H17F4N3O4. The van der Waals surface area contributed by atoms with E-state index in [-0.39, 0.29) is 50.0 Å². The molecule has 3 heterocycles. The van der Waals surface area contributed by atoms with Gasteiger partial charge < -0.3 is 9.80 Å². The van der Waals surface area contributed by atoms with Crippen LogP contribution in [0.3, 0.4) is 0 Å². The van der Waals surface area contributed by atoms with Crippen molar-refractivity contribution in [2.75, 3.05) is 6.54 Å². The molecule has 1 atom stereocenters. The number of amides is 4. The summed E-state index contributed by atoms with van der Waals surface area (Å²) >= 11 is 0. The van der Waals surface area contributed by atoms with E-state index in [0.717, 1.165) is 28.0 Å². The van der Waals surface area contributed by atoms with Gasteiger partial charge in [0.25, 0.3) is 11.8 Å². The average molecular weight is 475 g/mol. The predicted molar refractivity (Wildman–Crippen MR) is 107 cm³/mol. The van der Waals surface area contributed by atoms with E-state index in [2.05, 4.69) is 5.32 Å². The van der Waals surface area contributed by atoms with Gasteiger partial charge in [0.1, 0.15) is 23.2 Å². The molecule has 0 bridgehead atoms. The number of carbonyl (C=O) groups excluding carboxylic acids is 4. The van der Waals surface area contributed by atoms with Crippen molar-refractivity contribution in [3.63, 3.8) is 0 Å². The van der Waals surface area contributed by atoms with Gasteiger partial charge >= 0.3 is 0 Å². The number of fused-ring (bicyclic) bond motifs is 2. The fourth-order valence-electron chi connectivity index (χ4n) is 4.71. The van der Waals surface area contributed by atoms with Gasteiger partial charge in [0.2, 0.25) is 11.8 Å². The van der Waals surface area contributed by atoms with Crippen molar-refractivity contribution in [2.45, 2.75) is 38.4 Å². The van der Waals surface area contributed by atoms with Crippen molar-refractivity contribution in [1.82, 2.24) is 15.1 Å². The van der Waals surface area contributed by atoms with Crippen LogP contribution in [-0.2, 0) is 29.1 Å². The monoisotopic (exact) mass is 475 g/mol. The minimum atomic E-state index is -1.24. The largest absolute Gasteiger partial charge is 0.334 e. The molecule has 3 aliphatic rings. The highest BCUT2D eigenvalue weighted by atomic mass is 19.2. The van der Waals surface area contributed by atoms with Gasteiger partial charge in [-0.1, -0.05) is 0 Å². The van der Waals surface area contributed by atoms with Gasteiger partial charge in [-0.2, -0.15) is 0 Å². The van der Waals surface area contributed by atoms with Crippen molar-refractivity contribution < 1.29 is 36.7 Å². The second kappa shape index (κ2) is 7.93. The Morgan fingerprint density at radius 3 is 2.32 bits per heavy atom. The molecule has 2 aromatic carbocycles. The number of halogens is 4. The Morgan fingerprint density at radius 1 is 0.912 bits per heavy atom. The fraction of sp³-hybridized carbons (Fsp3) is 0.304. The summed E-state index contributed by atoms with van der Waals surface area (Å²) in [6, 6.07) is 1.74. The Hall–Kier alpha value is -3.76. The van der Waals surface area contributed by atoms with Gasteiger partial charge in [-0.15, -0.1) is 0 Å². The summed E-state index contributed by atoms with van der Waals surface area (Å²) in [5.74, 6) is -7.50. The molecule has 11 heteroatoms. The maximum atomic E-state index is 15.4. The van der Waals surface area contributed by atoms with Gasteiger partial charge in [-0.3, -0.25) is 24.5 Å². The SMILES string of the molecule is O=C1CCC(N2Cc3c(cc(F)c(C(=O)N4CCc5cc(F)c(F)cc5C4)c3F)C2=O)C(=O)N1. The minimum Gasteiger partial charge on any atom is -0.334 e. The van der Waals surface area contributed by atoms with E-state index in [9.17, 15) is 32.3 Å². The second-order valence-electron chi connectivity index (χ2n) is 8.49. The number of nitrogens with zero attached hydrogens (tertiary/aromatic N) is 2. The zero-order valence-corrected chi connectivity index (χ0v) is 17.6. The Bertz CT molecular complexity index is 1300. The van der Waals surface area contributed by atoms with E-state index in [1.807, 2.05) is 0 Å². The molecule has 1 saturated heterocycles. The van der Waals surface area contributed by atoms with Crippen LogP contribution in [-0.4, -0.2) is 46.0 Å². The first-order valence-electron chi connectivity index (χ1n) is 10.6. The van der Waals surface area contributed by atoms with Crippen molar-refractivity contribution in [3.05, 3.63) is 69.3 Å². The lowest BCUT2D eigenvalue weighted by molar-refractivity contribution is -0.136. The molecule has 2 aromatic rings. The predicted octanol–water partition coefficient (Wildman–Crippen LogP) is 2.20. The second-order valence-corrected chi connectivity index (χ2v) is 8.49. The zero-order chi connectivity index (χ0) is 24.3. The fourth-order valence-corrected chi connectivity index (χ4v) is 4.71. The molecule has 0 saturated carbocycles. The molecule has 4 amide bonds. The molecule has 1 N–H and O–H groups in total. The molecule has 176 valence electrons. The zero-order valence-electron chi connectivity index (χ0n) is 17.6. The summed E-state index contributed by atoms with van der Waals surface area (Å²) in [5.41, 5.74) is -0.534. The highest BCUT2D eigenvalue weighted by Crippen LogP contribution is 2.33. The number of imide groups is 1. The van der Waals surface area contributed by atoms with Crippen LogP contribution in [0.1, 0.15) is 50.2 Å². The van der Waals surface area contributed by atoms with E-state index < -0.39 is 58.5 Å². The third-order valence-electron chi connectivity index (χ3n) is 6.48. The molecule has 5 rings (SSSR count). The van der Waals surface area contributed by atoms with Crippen LogP contribution in [0.4, 0.5) is 17.6 Å². The third-order valence-corrected chi connectivity index (χ3v) is 6.48. The van der Waals surface area contributed by atoms with Crippen LogP contribution < -0.4 is 5.32 Å². The highest BCUT2D eigenvalue weighted by molar-refractivity contribution is 6.06. The van der Waals surface area contributed by atoms with Crippen molar-refractivity contribution in [1.29, 1.82) is 0 Å². The van der Waals surface area contributed by atoms with Crippen LogP contribution in [0.2, 0.25) is 0 Å². The average Bonchev–Trinajstić information content (AvgIpc) is 3.10. The topological polar surface area (TPSA) is 86.8 Å². The summed E-state index contributed by atoms with van der Waals surface area (Å²) in [6.07, 6.45) is 0.219. The van der Waals surface area contributed by atoms with Gasteiger partial charge in [-0.05, 0) is 42.2 Å². The summed E-state index contributed by atoms with van der Waals surface area (Å²) < 4.78 is 57.4. The maximum Gasteiger partial charge on any atom is 0.260 e. The van der Waals surface area contributed by atoms with Crippen LogP contribution in [0.5, 0.6) is 0 Å². The molecule has 3 aliphatic heterocycles. The molecule has 0 aliphatic carbocycles. The quantitative estimate of drug-likeness (QED) is 0.533. The Morgan fingerprint density at radius 2 is 1.62 bits per heavy atom. The number of rotatable bonds is 2. The Kier molecular flexibility index (Phi) is 5.14. The smallest absolute Gasteiger partial charge is 0.260 e. The van der Waals surface area contributed by atoms with Crippen LogP contribution in [0, 0.1) is 23.3 Å². The first-order valence-corrected chi connectivity index (χ1v) is 10.6. The number of hydrogen-bond donors (Lipinski definition) is 1. The number of benzene rings is 2. The summed E-state index contributed by atoms with van der Waals surface area (Å²) in [5, 5.41) is 2.12. The number of hydrogen-bond acceptors (Lipinski definition) is 4. The number of carbonyl (C=O) groups is 4. The Balaban J connectivity index is 1.44. The third kappa shape index (κ3) is 3.42. The molecule has 0 spiro atoms. The van der Waals surface area contributed by atoms with Crippen LogP contribution >= 0.6 is 0 Å².